The van der Waals surface area contributed by atoms with Crippen molar-refractivity contribution in [2.75, 3.05) is 11.9 Å². The normalized spacial score (nSPS) is 15.3. The quantitative estimate of drug-likeness (QED) is 0.822. The van der Waals surface area contributed by atoms with Crippen LogP contribution in [0.2, 0.25) is 5.02 Å². The predicted octanol–water partition coefficient (Wildman–Crippen LogP) is 3.20. The predicted molar refractivity (Wildman–Crippen MR) is 80.6 cm³/mol. The lowest BCUT2D eigenvalue weighted by Crippen LogP contribution is -2.25. The summed E-state index contributed by atoms with van der Waals surface area (Å²) in [5.41, 5.74) is 1.29. The number of halogens is 1. The molecule has 106 valence electrons. The Balaban J connectivity index is 2.14. The molecule has 0 radical (unpaired) electrons. The van der Waals surface area contributed by atoms with Crippen molar-refractivity contribution in [1.82, 2.24) is 0 Å². The molecule has 0 bridgehead atoms. The lowest BCUT2D eigenvalue weighted by Gasteiger charge is -2.21. The van der Waals surface area contributed by atoms with Crippen LogP contribution < -0.4 is 5.32 Å². The lowest BCUT2D eigenvalue weighted by molar-refractivity contribution is -0.120. The van der Waals surface area contributed by atoms with Gasteiger partial charge in [0.15, 0.2) is 0 Å². The molecular weight excluding hydrogens is 274 g/mol. The van der Waals surface area contributed by atoms with Crippen LogP contribution in [0, 0.1) is 17.8 Å². The maximum absolute atomic E-state index is 12.3. The van der Waals surface area contributed by atoms with Gasteiger partial charge in [0, 0.05) is 16.5 Å². The Kier molecular flexibility index (Phi) is 5.46. The molecule has 0 aliphatic heterocycles. The standard InChI is InChI=1S/C16H18ClNO2/c17-14-9-8-12(7-4-10-19)15(11-14)18-16(20)13-5-2-1-3-6-13/h8-9,11,13,19H,1-3,5-6,10H2,(H,18,20). The Labute approximate surface area is 124 Å². The van der Waals surface area contributed by atoms with Gasteiger partial charge in [-0.2, -0.15) is 0 Å². The molecule has 2 rings (SSSR count). The number of aliphatic hydroxyl groups excluding tert-OH is 1. The van der Waals surface area contributed by atoms with Gasteiger partial charge >= 0.3 is 0 Å². The number of benzene rings is 1. The zero-order chi connectivity index (χ0) is 14.4. The number of carbonyl (C=O) groups is 1. The topological polar surface area (TPSA) is 49.3 Å². The molecule has 0 heterocycles. The molecule has 0 unspecified atom stereocenters. The molecular formula is C16H18ClNO2. The Morgan fingerprint density at radius 1 is 1.35 bits per heavy atom. The van der Waals surface area contributed by atoms with Crippen LogP contribution in [0.3, 0.4) is 0 Å². The van der Waals surface area contributed by atoms with Crippen molar-refractivity contribution in [2.45, 2.75) is 32.1 Å². The minimum atomic E-state index is -0.210. The molecule has 1 aliphatic carbocycles. The third kappa shape index (κ3) is 4.00. The fourth-order valence-electron chi connectivity index (χ4n) is 2.46. The van der Waals surface area contributed by atoms with Crippen molar-refractivity contribution in [3.63, 3.8) is 0 Å². The summed E-state index contributed by atoms with van der Waals surface area (Å²) >= 11 is 5.97. The largest absolute Gasteiger partial charge is 0.384 e. The highest BCUT2D eigenvalue weighted by Gasteiger charge is 2.21. The van der Waals surface area contributed by atoms with Crippen LogP contribution in [0.1, 0.15) is 37.7 Å². The first-order valence-electron chi connectivity index (χ1n) is 6.91. The second-order valence-corrected chi connectivity index (χ2v) is 5.41. The van der Waals surface area contributed by atoms with E-state index >= 15 is 0 Å². The number of hydrogen-bond acceptors (Lipinski definition) is 2. The lowest BCUT2D eigenvalue weighted by atomic mass is 9.88. The molecule has 1 aromatic rings. The number of carbonyl (C=O) groups excluding carboxylic acids is 1. The van der Waals surface area contributed by atoms with Crippen LogP contribution in [0.5, 0.6) is 0 Å². The summed E-state index contributed by atoms with van der Waals surface area (Å²) in [5.74, 6) is 5.54. The summed E-state index contributed by atoms with van der Waals surface area (Å²) in [6, 6.07) is 5.17. The molecule has 0 aromatic heterocycles. The van der Waals surface area contributed by atoms with Crippen LogP contribution in [-0.2, 0) is 4.79 Å². The van der Waals surface area contributed by atoms with Gasteiger partial charge < -0.3 is 10.4 Å². The number of hydrogen-bond donors (Lipinski definition) is 2. The van der Waals surface area contributed by atoms with E-state index in [0.717, 1.165) is 25.7 Å². The average Bonchev–Trinajstić information content (AvgIpc) is 2.47. The average molecular weight is 292 g/mol. The highest BCUT2D eigenvalue weighted by molar-refractivity contribution is 6.31. The first-order chi connectivity index (χ1) is 9.70. The van der Waals surface area contributed by atoms with Crippen molar-refractivity contribution in [3.8, 4) is 11.8 Å². The first-order valence-corrected chi connectivity index (χ1v) is 7.28. The maximum atomic E-state index is 12.3. The zero-order valence-electron chi connectivity index (χ0n) is 11.3. The summed E-state index contributed by atoms with van der Waals surface area (Å²) < 4.78 is 0. The summed E-state index contributed by atoms with van der Waals surface area (Å²) in [7, 11) is 0. The van der Waals surface area contributed by atoms with E-state index in [1.54, 1.807) is 18.2 Å². The molecule has 1 aromatic carbocycles. The van der Waals surface area contributed by atoms with E-state index in [1.165, 1.54) is 6.42 Å². The smallest absolute Gasteiger partial charge is 0.227 e. The molecule has 3 nitrogen and oxygen atoms in total. The monoisotopic (exact) mass is 291 g/mol. The van der Waals surface area contributed by atoms with Crippen LogP contribution in [-0.4, -0.2) is 17.6 Å². The molecule has 1 fully saturated rings. The molecule has 2 N–H and O–H groups in total. The minimum Gasteiger partial charge on any atom is -0.384 e. The van der Waals surface area contributed by atoms with E-state index in [0.29, 0.717) is 16.3 Å². The van der Waals surface area contributed by atoms with Crippen molar-refractivity contribution in [3.05, 3.63) is 28.8 Å². The molecule has 4 heteroatoms. The van der Waals surface area contributed by atoms with Crippen LogP contribution >= 0.6 is 11.6 Å². The Morgan fingerprint density at radius 2 is 2.10 bits per heavy atom. The summed E-state index contributed by atoms with van der Waals surface area (Å²) in [6.45, 7) is -0.210. The second-order valence-electron chi connectivity index (χ2n) is 4.97. The Bertz CT molecular complexity index is 539. The van der Waals surface area contributed by atoms with Gasteiger partial charge in [0.05, 0.1) is 5.69 Å². The van der Waals surface area contributed by atoms with Gasteiger partial charge in [0.2, 0.25) is 5.91 Å². The van der Waals surface area contributed by atoms with Crippen LogP contribution in [0.25, 0.3) is 0 Å². The SMILES string of the molecule is O=C(Nc1cc(Cl)ccc1C#CCO)C1CCCCC1. The second kappa shape index (κ2) is 7.33. The van der Waals surface area contributed by atoms with Crippen LogP contribution in [0.15, 0.2) is 18.2 Å². The minimum absolute atomic E-state index is 0.0408. The molecule has 0 spiro atoms. The third-order valence-electron chi connectivity index (χ3n) is 3.52. The fraction of sp³-hybridized carbons (Fsp3) is 0.438. The van der Waals surface area contributed by atoms with Gasteiger partial charge in [-0.1, -0.05) is 42.7 Å². The number of rotatable bonds is 2. The third-order valence-corrected chi connectivity index (χ3v) is 3.75. The molecule has 1 saturated carbocycles. The highest BCUT2D eigenvalue weighted by Crippen LogP contribution is 2.26. The van der Waals surface area contributed by atoms with E-state index in [1.807, 2.05) is 0 Å². The highest BCUT2D eigenvalue weighted by atomic mass is 35.5. The number of anilines is 1. The van der Waals surface area contributed by atoms with Crippen LogP contribution in [0.4, 0.5) is 5.69 Å². The van der Waals surface area contributed by atoms with Crippen molar-refractivity contribution < 1.29 is 9.90 Å². The van der Waals surface area contributed by atoms with Gasteiger partial charge in [0.1, 0.15) is 6.61 Å². The Morgan fingerprint density at radius 3 is 2.80 bits per heavy atom. The summed E-state index contributed by atoms with van der Waals surface area (Å²) in [5, 5.41) is 12.2. The molecule has 0 atom stereocenters. The Hall–Kier alpha value is -1.50. The summed E-state index contributed by atoms with van der Waals surface area (Å²) in [6.07, 6.45) is 5.35. The van der Waals surface area contributed by atoms with Gasteiger partial charge in [0.25, 0.3) is 0 Å². The molecule has 1 amide bonds. The van der Waals surface area contributed by atoms with Gasteiger partial charge in [-0.05, 0) is 31.0 Å². The van der Waals surface area contributed by atoms with Gasteiger partial charge in [-0.25, -0.2) is 0 Å². The zero-order valence-corrected chi connectivity index (χ0v) is 12.0. The van der Waals surface area contributed by atoms with E-state index in [2.05, 4.69) is 17.2 Å². The van der Waals surface area contributed by atoms with Gasteiger partial charge in [-0.15, -0.1) is 0 Å². The number of amides is 1. The summed E-state index contributed by atoms with van der Waals surface area (Å²) in [4.78, 5) is 12.3. The van der Waals surface area contributed by atoms with Crippen molar-refractivity contribution in [2.24, 2.45) is 5.92 Å². The van der Waals surface area contributed by atoms with Gasteiger partial charge in [-0.3, -0.25) is 4.79 Å². The van der Waals surface area contributed by atoms with E-state index < -0.39 is 0 Å². The molecule has 0 saturated heterocycles. The number of nitrogens with one attached hydrogen (secondary N) is 1. The van der Waals surface area contributed by atoms with Crippen molar-refractivity contribution in [1.29, 1.82) is 0 Å². The van der Waals surface area contributed by atoms with Crippen molar-refractivity contribution >= 4 is 23.2 Å². The maximum Gasteiger partial charge on any atom is 0.227 e. The molecule has 20 heavy (non-hydrogen) atoms. The van der Waals surface area contributed by atoms with E-state index in [4.69, 9.17) is 16.7 Å². The molecule has 1 aliphatic rings. The van der Waals surface area contributed by atoms with E-state index in [-0.39, 0.29) is 18.4 Å². The first kappa shape index (κ1) is 14.9. The van der Waals surface area contributed by atoms with E-state index in [9.17, 15) is 4.79 Å². The number of aliphatic hydroxyl groups is 1. The fourth-order valence-corrected chi connectivity index (χ4v) is 2.64.